The normalized spacial score (nSPS) is 24.5. The average molecular weight is 480 g/mol. The molecule has 0 bridgehead atoms. The van der Waals surface area contributed by atoms with Crippen LogP contribution in [0.1, 0.15) is 32.9 Å². The van der Waals surface area contributed by atoms with E-state index in [1.807, 2.05) is 0 Å². The molecule has 4 atom stereocenters. The molecule has 4 heterocycles. The SMILES string of the molecule is CC(=O)OC[C@H]1O[C@H](n2c(=O)n(CC(=O)N3CCCC3)c3cnc(N)nc32)[C@H](OC(C)=O)[C@@H]1F. The number of aromatic nitrogens is 4. The van der Waals surface area contributed by atoms with Crippen molar-refractivity contribution in [2.75, 3.05) is 25.4 Å². The molecule has 34 heavy (non-hydrogen) atoms. The molecule has 0 spiro atoms. The zero-order valence-corrected chi connectivity index (χ0v) is 18.7. The number of nitrogen functional groups attached to an aromatic ring is 1. The Morgan fingerprint density at radius 3 is 2.59 bits per heavy atom. The fourth-order valence-corrected chi connectivity index (χ4v) is 4.21. The Bertz CT molecular complexity index is 1170. The number of hydrogen-bond acceptors (Lipinski definition) is 10. The van der Waals surface area contributed by atoms with Crippen LogP contribution in [0.3, 0.4) is 0 Å². The van der Waals surface area contributed by atoms with Crippen LogP contribution in [0.4, 0.5) is 10.3 Å². The minimum Gasteiger partial charge on any atom is -0.463 e. The fourth-order valence-electron chi connectivity index (χ4n) is 4.21. The van der Waals surface area contributed by atoms with Gasteiger partial charge in [-0.1, -0.05) is 0 Å². The van der Waals surface area contributed by atoms with Gasteiger partial charge in [0.1, 0.15) is 24.8 Å². The van der Waals surface area contributed by atoms with E-state index in [2.05, 4.69) is 9.97 Å². The first-order valence-corrected chi connectivity index (χ1v) is 10.8. The van der Waals surface area contributed by atoms with E-state index in [1.54, 1.807) is 4.90 Å². The Labute approximate surface area is 192 Å². The average Bonchev–Trinajstić information content (AvgIpc) is 3.46. The number of imidazole rings is 1. The van der Waals surface area contributed by atoms with Crippen molar-refractivity contribution in [2.45, 2.75) is 57.8 Å². The van der Waals surface area contributed by atoms with Gasteiger partial charge in [-0.3, -0.25) is 19.0 Å². The second-order valence-corrected chi connectivity index (χ2v) is 8.15. The Hall–Kier alpha value is -3.55. The van der Waals surface area contributed by atoms with Crippen molar-refractivity contribution in [2.24, 2.45) is 0 Å². The summed E-state index contributed by atoms with van der Waals surface area (Å²) >= 11 is 0. The van der Waals surface area contributed by atoms with Crippen molar-refractivity contribution >= 4 is 35.0 Å². The number of alkyl halides is 1. The van der Waals surface area contributed by atoms with Crippen molar-refractivity contribution in [3.8, 4) is 0 Å². The molecule has 0 aliphatic carbocycles. The van der Waals surface area contributed by atoms with Crippen LogP contribution in [0, 0.1) is 0 Å². The van der Waals surface area contributed by atoms with Crippen LogP contribution in [0.15, 0.2) is 11.0 Å². The van der Waals surface area contributed by atoms with Crippen LogP contribution in [-0.4, -0.2) is 79.9 Å². The molecule has 0 aromatic carbocycles. The van der Waals surface area contributed by atoms with Gasteiger partial charge in [-0.2, -0.15) is 4.98 Å². The number of hydrogen-bond donors (Lipinski definition) is 1. The molecule has 0 radical (unpaired) electrons. The highest BCUT2D eigenvalue weighted by Gasteiger charge is 2.50. The first-order chi connectivity index (χ1) is 16.2. The predicted molar refractivity (Wildman–Crippen MR) is 113 cm³/mol. The molecule has 1 amide bonds. The van der Waals surface area contributed by atoms with E-state index in [-0.39, 0.29) is 29.6 Å². The molecule has 13 nitrogen and oxygen atoms in total. The second kappa shape index (κ2) is 9.37. The van der Waals surface area contributed by atoms with E-state index in [1.165, 1.54) is 6.20 Å². The van der Waals surface area contributed by atoms with E-state index >= 15 is 4.39 Å². The zero-order chi connectivity index (χ0) is 24.6. The van der Waals surface area contributed by atoms with Gasteiger partial charge in [0, 0.05) is 26.9 Å². The monoisotopic (exact) mass is 480 g/mol. The molecule has 0 saturated carbocycles. The molecule has 2 aliphatic rings. The summed E-state index contributed by atoms with van der Waals surface area (Å²) in [4.78, 5) is 58.7. The number of nitrogens with two attached hydrogens (primary N) is 1. The number of halogens is 1. The van der Waals surface area contributed by atoms with Gasteiger partial charge in [0.05, 0.1) is 6.20 Å². The van der Waals surface area contributed by atoms with Gasteiger partial charge >= 0.3 is 17.6 Å². The van der Waals surface area contributed by atoms with Gasteiger partial charge in [-0.15, -0.1) is 0 Å². The van der Waals surface area contributed by atoms with E-state index in [4.69, 9.17) is 19.9 Å². The topological polar surface area (TPSA) is 161 Å². The third kappa shape index (κ3) is 4.44. The molecule has 4 rings (SSSR count). The largest absolute Gasteiger partial charge is 0.463 e. The molecule has 2 fully saturated rings. The van der Waals surface area contributed by atoms with Crippen LogP contribution in [0.2, 0.25) is 0 Å². The number of anilines is 1. The molecule has 2 aromatic rings. The number of ether oxygens (including phenoxy) is 3. The summed E-state index contributed by atoms with van der Waals surface area (Å²) in [6.45, 7) is 2.68. The molecule has 2 aromatic heterocycles. The summed E-state index contributed by atoms with van der Waals surface area (Å²) < 4.78 is 33.0. The Balaban J connectivity index is 1.76. The summed E-state index contributed by atoms with van der Waals surface area (Å²) in [6.07, 6.45) is -3.18. The van der Waals surface area contributed by atoms with Gasteiger partial charge in [-0.25, -0.2) is 18.7 Å². The third-order valence-corrected chi connectivity index (χ3v) is 5.75. The lowest BCUT2D eigenvalue weighted by atomic mass is 10.1. The highest BCUT2D eigenvalue weighted by atomic mass is 19.1. The Kier molecular flexibility index (Phi) is 6.50. The lowest BCUT2D eigenvalue weighted by Crippen LogP contribution is -2.39. The zero-order valence-electron chi connectivity index (χ0n) is 18.7. The standard InChI is InChI=1S/C20H25FN6O7/c1-10(28)32-9-13-15(21)16(33-11(2)29)18(34-13)27-17-12(7-23-19(22)24-17)26(20(27)31)8-14(30)25-5-3-4-6-25/h7,13,15-16,18H,3-6,8-9H2,1-2H3,(H2,22,23,24)/t13-,15-,16-,18+/m1/s1. The van der Waals surface area contributed by atoms with Crippen LogP contribution in [0.25, 0.3) is 11.2 Å². The molecule has 0 unspecified atom stereocenters. The van der Waals surface area contributed by atoms with Crippen LogP contribution in [-0.2, 0) is 35.1 Å². The number of nitrogens with zero attached hydrogens (tertiary/aromatic N) is 5. The maximum Gasteiger partial charge on any atom is 0.333 e. The predicted octanol–water partition coefficient (Wildman–Crippen LogP) is -0.472. The second-order valence-electron chi connectivity index (χ2n) is 8.15. The maximum absolute atomic E-state index is 15.2. The van der Waals surface area contributed by atoms with Crippen LogP contribution >= 0.6 is 0 Å². The van der Waals surface area contributed by atoms with E-state index in [0.29, 0.717) is 13.1 Å². The molecule has 2 N–H and O–H groups in total. The molecular formula is C20H25FN6O7. The summed E-state index contributed by atoms with van der Waals surface area (Å²) in [5, 5.41) is 0. The van der Waals surface area contributed by atoms with E-state index < -0.39 is 48.8 Å². The maximum atomic E-state index is 15.2. The minimum absolute atomic E-state index is 0.0192. The smallest absolute Gasteiger partial charge is 0.333 e. The Morgan fingerprint density at radius 1 is 1.24 bits per heavy atom. The number of amides is 1. The third-order valence-electron chi connectivity index (χ3n) is 5.75. The highest BCUT2D eigenvalue weighted by molar-refractivity contribution is 5.79. The van der Waals surface area contributed by atoms with E-state index in [9.17, 15) is 19.2 Å². The molecule has 14 heteroatoms. The first kappa shape index (κ1) is 23.6. The number of fused-ring (bicyclic) bond motifs is 1. The summed E-state index contributed by atoms with van der Waals surface area (Å²) in [7, 11) is 0. The highest BCUT2D eigenvalue weighted by Crippen LogP contribution is 2.35. The van der Waals surface area contributed by atoms with Crippen molar-refractivity contribution in [3.63, 3.8) is 0 Å². The fraction of sp³-hybridized carbons (Fsp3) is 0.600. The van der Waals surface area contributed by atoms with Crippen molar-refractivity contribution in [3.05, 3.63) is 16.7 Å². The van der Waals surface area contributed by atoms with Crippen LogP contribution < -0.4 is 11.4 Å². The lowest BCUT2D eigenvalue weighted by Gasteiger charge is -2.20. The summed E-state index contributed by atoms with van der Waals surface area (Å²) in [5.41, 5.74) is 5.13. The van der Waals surface area contributed by atoms with Crippen molar-refractivity contribution < 1.29 is 33.0 Å². The Morgan fingerprint density at radius 2 is 1.94 bits per heavy atom. The number of carbonyl (C=O) groups excluding carboxylic acids is 3. The number of likely N-dealkylation sites (tertiary alicyclic amines) is 1. The van der Waals surface area contributed by atoms with Crippen molar-refractivity contribution in [1.82, 2.24) is 24.0 Å². The summed E-state index contributed by atoms with van der Waals surface area (Å²) in [5.74, 6) is -1.89. The minimum atomic E-state index is -1.91. The van der Waals surface area contributed by atoms with Crippen molar-refractivity contribution in [1.29, 1.82) is 0 Å². The molecular weight excluding hydrogens is 455 g/mol. The van der Waals surface area contributed by atoms with Crippen LogP contribution in [0.5, 0.6) is 0 Å². The summed E-state index contributed by atoms with van der Waals surface area (Å²) in [6, 6.07) is 0. The van der Waals surface area contributed by atoms with Gasteiger partial charge < -0.3 is 24.8 Å². The van der Waals surface area contributed by atoms with Gasteiger partial charge in [0.15, 0.2) is 24.2 Å². The lowest BCUT2D eigenvalue weighted by molar-refractivity contribution is -0.154. The van der Waals surface area contributed by atoms with Gasteiger partial charge in [-0.05, 0) is 12.8 Å². The van der Waals surface area contributed by atoms with E-state index in [0.717, 1.165) is 35.8 Å². The molecule has 184 valence electrons. The molecule has 2 aliphatic heterocycles. The quantitative estimate of drug-likeness (QED) is 0.535. The molecule has 2 saturated heterocycles. The van der Waals surface area contributed by atoms with Gasteiger partial charge in [0.25, 0.3) is 0 Å². The number of esters is 2. The van der Waals surface area contributed by atoms with Gasteiger partial charge in [0.2, 0.25) is 11.9 Å². The number of rotatable bonds is 6. The number of carbonyl (C=O) groups is 3. The first-order valence-electron chi connectivity index (χ1n) is 10.8.